The smallest absolute Gasteiger partial charge is 0.0728 e. The standard InChI is InChI=1S/C17H32N4/c1-5-9-18-12-14-7-8-17(3,4)11-15(14)16-13-19-20-21(16)10-6-2/h13-15,18H,5-12H2,1-4H3. The van der Waals surface area contributed by atoms with Crippen LogP contribution in [0.1, 0.15) is 71.4 Å². The maximum atomic E-state index is 4.31. The van der Waals surface area contributed by atoms with E-state index in [1.165, 1.54) is 31.4 Å². The maximum absolute atomic E-state index is 4.31. The van der Waals surface area contributed by atoms with Crippen LogP contribution in [0.2, 0.25) is 0 Å². The van der Waals surface area contributed by atoms with Crippen LogP contribution in [0.3, 0.4) is 0 Å². The zero-order valence-corrected chi connectivity index (χ0v) is 14.2. The van der Waals surface area contributed by atoms with Gasteiger partial charge in [0.15, 0.2) is 0 Å². The van der Waals surface area contributed by atoms with E-state index in [1.54, 1.807) is 0 Å². The predicted octanol–water partition coefficient (Wildman–Crippen LogP) is 3.60. The van der Waals surface area contributed by atoms with Gasteiger partial charge in [-0.25, -0.2) is 4.68 Å². The number of aromatic nitrogens is 3. The molecule has 0 aliphatic heterocycles. The first-order valence-corrected chi connectivity index (χ1v) is 8.66. The van der Waals surface area contributed by atoms with E-state index in [9.17, 15) is 0 Å². The Bertz CT molecular complexity index is 424. The Labute approximate surface area is 129 Å². The van der Waals surface area contributed by atoms with Crippen LogP contribution in [0.4, 0.5) is 0 Å². The minimum atomic E-state index is 0.438. The van der Waals surface area contributed by atoms with Gasteiger partial charge in [0.1, 0.15) is 0 Å². The van der Waals surface area contributed by atoms with Gasteiger partial charge < -0.3 is 5.32 Å². The molecule has 21 heavy (non-hydrogen) atoms. The van der Waals surface area contributed by atoms with E-state index in [2.05, 4.69) is 48.0 Å². The minimum Gasteiger partial charge on any atom is -0.316 e. The van der Waals surface area contributed by atoms with Crippen molar-refractivity contribution in [3.8, 4) is 0 Å². The molecule has 0 spiro atoms. The Morgan fingerprint density at radius 1 is 1.33 bits per heavy atom. The summed E-state index contributed by atoms with van der Waals surface area (Å²) in [6.45, 7) is 12.5. The highest BCUT2D eigenvalue weighted by molar-refractivity contribution is 5.09. The summed E-state index contributed by atoms with van der Waals surface area (Å²) in [5.74, 6) is 1.32. The van der Waals surface area contributed by atoms with Crippen LogP contribution in [0.15, 0.2) is 6.20 Å². The summed E-state index contributed by atoms with van der Waals surface area (Å²) in [5.41, 5.74) is 1.79. The van der Waals surface area contributed by atoms with Crippen molar-refractivity contribution in [1.29, 1.82) is 0 Å². The van der Waals surface area contributed by atoms with Gasteiger partial charge in [-0.3, -0.25) is 0 Å². The molecular formula is C17H32N4. The third-order valence-electron chi connectivity index (χ3n) is 4.83. The van der Waals surface area contributed by atoms with Crippen LogP contribution in [-0.4, -0.2) is 28.1 Å². The molecule has 1 N–H and O–H groups in total. The van der Waals surface area contributed by atoms with Crippen LogP contribution in [0.25, 0.3) is 0 Å². The molecule has 2 atom stereocenters. The van der Waals surface area contributed by atoms with Gasteiger partial charge in [-0.2, -0.15) is 0 Å². The number of nitrogens with zero attached hydrogens (tertiary/aromatic N) is 3. The van der Waals surface area contributed by atoms with Crippen LogP contribution in [0.5, 0.6) is 0 Å². The van der Waals surface area contributed by atoms with Gasteiger partial charge in [0.25, 0.3) is 0 Å². The Hall–Kier alpha value is -0.900. The molecule has 1 aliphatic rings. The van der Waals surface area contributed by atoms with E-state index >= 15 is 0 Å². The molecule has 1 heterocycles. The van der Waals surface area contributed by atoms with Gasteiger partial charge in [-0.1, -0.05) is 32.9 Å². The molecule has 1 aromatic rings. The molecule has 0 saturated heterocycles. The Morgan fingerprint density at radius 3 is 2.86 bits per heavy atom. The van der Waals surface area contributed by atoms with Gasteiger partial charge >= 0.3 is 0 Å². The molecule has 1 aromatic heterocycles. The summed E-state index contributed by atoms with van der Waals surface area (Å²) in [6, 6.07) is 0. The third kappa shape index (κ3) is 4.29. The minimum absolute atomic E-state index is 0.438. The number of aryl methyl sites for hydroxylation is 1. The van der Waals surface area contributed by atoms with Crippen molar-refractivity contribution in [2.45, 2.75) is 72.3 Å². The largest absolute Gasteiger partial charge is 0.316 e. The zero-order chi connectivity index (χ0) is 15.3. The molecule has 4 nitrogen and oxygen atoms in total. The Balaban J connectivity index is 2.14. The van der Waals surface area contributed by atoms with Crippen molar-refractivity contribution in [1.82, 2.24) is 20.3 Å². The Kier molecular flexibility index (Phi) is 5.80. The average molecular weight is 292 g/mol. The van der Waals surface area contributed by atoms with Crippen molar-refractivity contribution in [3.63, 3.8) is 0 Å². The van der Waals surface area contributed by atoms with Crippen molar-refractivity contribution in [2.24, 2.45) is 11.3 Å². The average Bonchev–Trinajstić information content (AvgIpc) is 2.89. The van der Waals surface area contributed by atoms with E-state index in [0.29, 0.717) is 11.3 Å². The Morgan fingerprint density at radius 2 is 2.14 bits per heavy atom. The summed E-state index contributed by atoms with van der Waals surface area (Å²) in [7, 11) is 0. The first-order chi connectivity index (χ1) is 10.1. The second kappa shape index (κ2) is 7.39. The molecule has 120 valence electrons. The fraction of sp³-hybridized carbons (Fsp3) is 0.882. The summed E-state index contributed by atoms with van der Waals surface area (Å²) < 4.78 is 2.14. The highest BCUT2D eigenvalue weighted by Crippen LogP contribution is 2.46. The summed E-state index contributed by atoms with van der Waals surface area (Å²) in [5, 5.41) is 12.1. The number of nitrogens with one attached hydrogen (secondary N) is 1. The first kappa shape index (κ1) is 16.5. The summed E-state index contributed by atoms with van der Waals surface area (Å²) >= 11 is 0. The van der Waals surface area contributed by atoms with Crippen LogP contribution in [0, 0.1) is 11.3 Å². The highest BCUT2D eigenvalue weighted by atomic mass is 15.4. The SMILES string of the molecule is CCCNCC1CCC(C)(C)CC1c1cnnn1CCC. The van der Waals surface area contributed by atoms with Crippen LogP contribution in [-0.2, 0) is 6.54 Å². The van der Waals surface area contributed by atoms with E-state index in [-0.39, 0.29) is 0 Å². The molecule has 1 saturated carbocycles. The lowest BCUT2D eigenvalue weighted by atomic mass is 9.66. The third-order valence-corrected chi connectivity index (χ3v) is 4.83. The van der Waals surface area contributed by atoms with Crippen molar-refractivity contribution >= 4 is 0 Å². The van der Waals surface area contributed by atoms with Gasteiger partial charge in [-0.05, 0) is 56.5 Å². The van der Waals surface area contributed by atoms with E-state index in [1.807, 2.05) is 6.20 Å². The molecule has 0 radical (unpaired) electrons. The molecular weight excluding hydrogens is 260 g/mol. The van der Waals surface area contributed by atoms with Gasteiger partial charge in [0, 0.05) is 12.5 Å². The van der Waals surface area contributed by atoms with E-state index in [0.717, 1.165) is 32.0 Å². The maximum Gasteiger partial charge on any atom is 0.0728 e. The number of hydrogen-bond acceptors (Lipinski definition) is 3. The lowest BCUT2D eigenvalue weighted by Crippen LogP contribution is -2.36. The first-order valence-electron chi connectivity index (χ1n) is 8.66. The second-order valence-corrected chi connectivity index (χ2v) is 7.36. The van der Waals surface area contributed by atoms with Gasteiger partial charge in [0.2, 0.25) is 0 Å². The molecule has 0 aromatic carbocycles. The van der Waals surface area contributed by atoms with E-state index in [4.69, 9.17) is 0 Å². The quantitative estimate of drug-likeness (QED) is 0.781. The lowest BCUT2D eigenvalue weighted by molar-refractivity contribution is 0.154. The fourth-order valence-corrected chi connectivity index (χ4v) is 3.63. The van der Waals surface area contributed by atoms with Crippen molar-refractivity contribution < 1.29 is 0 Å². The van der Waals surface area contributed by atoms with Gasteiger partial charge in [-0.15, -0.1) is 5.10 Å². The molecule has 2 unspecified atom stereocenters. The molecule has 2 rings (SSSR count). The highest BCUT2D eigenvalue weighted by Gasteiger charge is 2.37. The fourth-order valence-electron chi connectivity index (χ4n) is 3.63. The van der Waals surface area contributed by atoms with Crippen LogP contribution < -0.4 is 5.32 Å². The lowest BCUT2D eigenvalue weighted by Gasteiger charge is -2.41. The zero-order valence-electron chi connectivity index (χ0n) is 14.2. The van der Waals surface area contributed by atoms with Gasteiger partial charge in [0.05, 0.1) is 11.9 Å². The molecule has 1 aliphatic carbocycles. The van der Waals surface area contributed by atoms with Crippen molar-refractivity contribution in [3.05, 3.63) is 11.9 Å². The second-order valence-electron chi connectivity index (χ2n) is 7.36. The number of rotatable bonds is 7. The molecule has 0 bridgehead atoms. The topological polar surface area (TPSA) is 42.7 Å². The molecule has 4 heteroatoms. The predicted molar refractivity (Wildman–Crippen MR) is 87.3 cm³/mol. The molecule has 0 amide bonds. The van der Waals surface area contributed by atoms with Crippen molar-refractivity contribution in [2.75, 3.05) is 13.1 Å². The summed E-state index contributed by atoms with van der Waals surface area (Å²) in [6.07, 6.45) is 8.23. The van der Waals surface area contributed by atoms with E-state index < -0.39 is 0 Å². The monoisotopic (exact) mass is 292 g/mol. The van der Waals surface area contributed by atoms with Crippen LogP contribution >= 0.6 is 0 Å². The normalized spacial score (nSPS) is 25.1. The molecule has 1 fully saturated rings. The number of hydrogen-bond donors (Lipinski definition) is 1. The summed E-state index contributed by atoms with van der Waals surface area (Å²) in [4.78, 5) is 0.